The average Bonchev–Trinajstić information content (AvgIpc) is 2.93. The maximum atomic E-state index is 12.4. The number of aromatic amines is 1. The third kappa shape index (κ3) is 2.65. The minimum atomic E-state index is -1.36. The molecule has 0 aliphatic carbocycles. The van der Waals surface area contributed by atoms with Crippen molar-refractivity contribution in [3.63, 3.8) is 0 Å². The average molecular weight is 300 g/mol. The van der Waals surface area contributed by atoms with Crippen molar-refractivity contribution in [3.05, 3.63) is 52.7 Å². The predicted molar refractivity (Wildman–Crippen MR) is 80.6 cm³/mol. The van der Waals surface area contributed by atoms with Crippen molar-refractivity contribution in [3.8, 4) is 0 Å². The van der Waals surface area contributed by atoms with E-state index in [0.717, 1.165) is 11.0 Å². The summed E-state index contributed by atoms with van der Waals surface area (Å²) in [5.74, 6) is 0.189. The minimum absolute atomic E-state index is 0.189. The van der Waals surface area contributed by atoms with Crippen molar-refractivity contribution in [1.82, 2.24) is 15.0 Å². The lowest BCUT2D eigenvalue weighted by molar-refractivity contribution is 0.586. The number of hydrogen-bond acceptors (Lipinski definition) is 5. The number of imidazole rings is 1. The lowest BCUT2D eigenvalue weighted by Gasteiger charge is -2.08. The summed E-state index contributed by atoms with van der Waals surface area (Å²) < 4.78 is 12.4. The summed E-state index contributed by atoms with van der Waals surface area (Å²) >= 11 is -1.36. The highest BCUT2D eigenvalue weighted by Crippen LogP contribution is 2.23. The first kappa shape index (κ1) is 13.7. The van der Waals surface area contributed by atoms with Crippen LogP contribution >= 0.6 is 0 Å². The largest absolute Gasteiger partial charge is 0.609 e. The summed E-state index contributed by atoms with van der Waals surface area (Å²) in [5.41, 5.74) is 3.17. The molecule has 0 spiro atoms. The van der Waals surface area contributed by atoms with E-state index in [1.807, 2.05) is 24.3 Å². The topological polar surface area (TPSA) is 94.1 Å². The molecule has 0 radical (unpaired) electrons. The molecule has 0 saturated heterocycles. The second-order valence-corrected chi connectivity index (χ2v) is 5.91. The van der Waals surface area contributed by atoms with Crippen LogP contribution in [0.25, 0.3) is 11.0 Å². The van der Waals surface area contributed by atoms with Gasteiger partial charge >= 0.3 is 5.16 Å². The molecule has 3 rings (SSSR count). The molecule has 0 saturated carbocycles. The zero-order valence-electron chi connectivity index (χ0n) is 11.2. The fraction of sp³-hybridized carbons (Fsp3) is 0.143. The molecule has 1 atom stereocenters. The first-order valence-electron chi connectivity index (χ1n) is 6.30. The van der Waals surface area contributed by atoms with Crippen LogP contribution in [0.1, 0.15) is 11.3 Å². The summed E-state index contributed by atoms with van der Waals surface area (Å²) in [6, 6.07) is 9.03. The van der Waals surface area contributed by atoms with Gasteiger partial charge in [0.15, 0.2) is 5.75 Å². The molecule has 0 fully saturated rings. The van der Waals surface area contributed by atoms with Crippen molar-refractivity contribution in [2.24, 2.45) is 5.18 Å². The molecule has 7 heteroatoms. The van der Waals surface area contributed by atoms with E-state index < -0.39 is 11.2 Å². The van der Waals surface area contributed by atoms with E-state index in [4.69, 9.17) is 0 Å². The number of nitroso groups, excluding NO2 is 1. The molecule has 0 bridgehead atoms. The second-order valence-electron chi connectivity index (χ2n) is 4.54. The van der Waals surface area contributed by atoms with Crippen LogP contribution in [0.4, 0.5) is 5.69 Å². The van der Waals surface area contributed by atoms with Crippen molar-refractivity contribution in [2.75, 3.05) is 0 Å². The van der Waals surface area contributed by atoms with Crippen LogP contribution < -0.4 is 0 Å². The zero-order valence-corrected chi connectivity index (χ0v) is 12.1. The maximum Gasteiger partial charge on any atom is 0.322 e. The molecule has 1 aromatic carbocycles. The van der Waals surface area contributed by atoms with Gasteiger partial charge in [0.05, 0.1) is 16.7 Å². The van der Waals surface area contributed by atoms with Crippen LogP contribution in [-0.2, 0) is 16.9 Å². The number of nitrogens with zero attached hydrogens (tertiary/aromatic N) is 3. The summed E-state index contributed by atoms with van der Waals surface area (Å²) in [6.45, 7) is 1.74. The monoisotopic (exact) mass is 300 g/mol. The fourth-order valence-corrected chi connectivity index (χ4v) is 3.14. The molecular formula is C14H12N4O2S. The fourth-order valence-electron chi connectivity index (χ4n) is 2.04. The number of rotatable bonds is 4. The molecule has 21 heavy (non-hydrogen) atoms. The highest BCUT2D eigenvalue weighted by molar-refractivity contribution is 7.90. The summed E-state index contributed by atoms with van der Waals surface area (Å²) in [7, 11) is 0. The Morgan fingerprint density at radius 1 is 1.33 bits per heavy atom. The van der Waals surface area contributed by atoms with Gasteiger partial charge in [0, 0.05) is 22.9 Å². The van der Waals surface area contributed by atoms with E-state index in [-0.39, 0.29) is 5.75 Å². The van der Waals surface area contributed by atoms with Gasteiger partial charge in [-0.15, -0.1) is 4.91 Å². The molecule has 2 aromatic heterocycles. The summed E-state index contributed by atoms with van der Waals surface area (Å²) in [4.78, 5) is 22.2. The van der Waals surface area contributed by atoms with E-state index in [9.17, 15) is 9.46 Å². The summed E-state index contributed by atoms with van der Waals surface area (Å²) in [6.07, 6.45) is 1.49. The molecule has 2 heterocycles. The van der Waals surface area contributed by atoms with Crippen LogP contribution in [0.15, 0.2) is 46.9 Å². The van der Waals surface area contributed by atoms with Crippen LogP contribution in [0.3, 0.4) is 0 Å². The van der Waals surface area contributed by atoms with E-state index in [1.54, 1.807) is 6.92 Å². The smallest absolute Gasteiger partial charge is 0.322 e. The molecule has 1 N–H and O–H groups in total. The molecule has 0 aliphatic rings. The van der Waals surface area contributed by atoms with Gasteiger partial charge < -0.3 is 4.55 Å². The Morgan fingerprint density at radius 2 is 2.14 bits per heavy atom. The van der Waals surface area contributed by atoms with Crippen LogP contribution in [-0.4, -0.2) is 19.5 Å². The first-order valence-corrected chi connectivity index (χ1v) is 7.62. The van der Waals surface area contributed by atoms with Gasteiger partial charge in [0.25, 0.3) is 0 Å². The van der Waals surface area contributed by atoms with Crippen molar-refractivity contribution < 1.29 is 4.55 Å². The van der Waals surface area contributed by atoms with Gasteiger partial charge in [0.1, 0.15) is 5.69 Å². The number of nitrogens with one attached hydrogen (secondary N) is 1. The lowest BCUT2D eigenvalue weighted by atomic mass is 10.2. The number of H-pyrrole nitrogens is 1. The Labute approximate surface area is 123 Å². The Balaban J connectivity index is 1.89. The zero-order chi connectivity index (χ0) is 14.8. The van der Waals surface area contributed by atoms with Crippen LogP contribution in [0.2, 0.25) is 0 Å². The normalized spacial score (nSPS) is 12.5. The number of pyridine rings is 1. The molecule has 1 unspecified atom stereocenters. The highest BCUT2D eigenvalue weighted by Gasteiger charge is 2.20. The molecule has 6 nitrogen and oxygen atoms in total. The van der Waals surface area contributed by atoms with Gasteiger partial charge in [-0.2, -0.15) is 4.98 Å². The molecule has 106 valence electrons. The molecule has 0 aliphatic heterocycles. The third-order valence-electron chi connectivity index (χ3n) is 3.23. The number of fused-ring (bicyclic) bond motifs is 1. The van der Waals surface area contributed by atoms with Crippen LogP contribution in [0, 0.1) is 11.8 Å². The second kappa shape index (κ2) is 5.63. The van der Waals surface area contributed by atoms with Crippen molar-refractivity contribution in [2.45, 2.75) is 17.8 Å². The number of aromatic nitrogens is 3. The number of benzene rings is 1. The van der Waals surface area contributed by atoms with Gasteiger partial charge in [-0.3, -0.25) is 9.97 Å². The van der Waals surface area contributed by atoms with Gasteiger partial charge in [-0.25, -0.2) is 0 Å². The standard InChI is InChI=1S/C14H12N4O2S/c1-9-10(18-19)6-7-15-13(9)8-21(20)14-16-11-4-2-3-5-12(11)17-14/h2-7H,8H2,1H3,(H,16,17). The maximum absolute atomic E-state index is 12.4. The van der Waals surface area contributed by atoms with E-state index in [0.29, 0.717) is 22.1 Å². The van der Waals surface area contributed by atoms with Gasteiger partial charge in [0.2, 0.25) is 0 Å². The third-order valence-corrected chi connectivity index (χ3v) is 4.39. The van der Waals surface area contributed by atoms with Gasteiger partial charge in [-0.1, -0.05) is 12.1 Å². The SMILES string of the molecule is Cc1c(N=O)ccnc1C[S+]([O-])c1nc2ccccc2[nH]1. The van der Waals surface area contributed by atoms with E-state index in [2.05, 4.69) is 20.1 Å². The van der Waals surface area contributed by atoms with E-state index in [1.165, 1.54) is 12.3 Å². The molecule has 3 aromatic rings. The number of para-hydroxylation sites is 2. The molecular weight excluding hydrogens is 288 g/mol. The summed E-state index contributed by atoms with van der Waals surface area (Å²) in [5, 5.41) is 3.34. The highest BCUT2D eigenvalue weighted by atomic mass is 32.2. The van der Waals surface area contributed by atoms with Gasteiger partial charge in [-0.05, 0) is 30.3 Å². The lowest BCUT2D eigenvalue weighted by Crippen LogP contribution is -2.09. The Kier molecular flexibility index (Phi) is 3.68. The first-order chi connectivity index (χ1) is 10.2. The van der Waals surface area contributed by atoms with Crippen molar-refractivity contribution >= 4 is 27.9 Å². The van der Waals surface area contributed by atoms with Crippen molar-refractivity contribution in [1.29, 1.82) is 0 Å². The molecule has 0 amide bonds. The quantitative estimate of drug-likeness (QED) is 0.592. The predicted octanol–water partition coefficient (Wildman–Crippen LogP) is 2.97. The Hall–Kier alpha value is -2.25. The van der Waals surface area contributed by atoms with E-state index >= 15 is 0 Å². The Bertz CT molecular complexity index is 770. The Morgan fingerprint density at radius 3 is 2.90 bits per heavy atom. The van der Waals surface area contributed by atoms with Crippen LogP contribution in [0.5, 0.6) is 0 Å². The number of hydrogen-bond donors (Lipinski definition) is 1. The minimum Gasteiger partial charge on any atom is -0.609 e.